The van der Waals surface area contributed by atoms with Gasteiger partial charge in [-0.15, -0.1) is 0 Å². The molecule has 1 aliphatic heterocycles. The quantitative estimate of drug-likeness (QED) is 0.749. The number of carbonyl (C=O) groups excluding carboxylic acids is 1. The van der Waals surface area contributed by atoms with Crippen LogP contribution in [0.25, 0.3) is 0 Å². The van der Waals surface area contributed by atoms with E-state index in [0.29, 0.717) is 6.04 Å². The molecule has 0 amide bonds. The first-order valence-electron chi connectivity index (χ1n) is 5.82. The lowest BCUT2D eigenvalue weighted by Crippen LogP contribution is -2.18. The van der Waals surface area contributed by atoms with Gasteiger partial charge in [0.15, 0.2) is 0 Å². The predicted octanol–water partition coefficient (Wildman–Crippen LogP) is 2.51. The minimum atomic E-state index is -0.215. The first-order chi connectivity index (χ1) is 8.22. The lowest BCUT2D eigenvalue weighted by atomic mass is 10.1. The van der Waals surface area contributed by atoms with E-state index in [0.717, 1.165) is 18.5 Å². The van der Waals surface area contributed by atoms with Gasteiger partial charge in [0.1, 0.15) is 0 Å². The molecule has 2 rings (SSSR count). The molecule has 1 unspecified atom stereocenters. The topological polar surface area (TPSA) is 29.5 Å². The van der Waals surface area contributed by atoms with Gasteiger partial charge in [0.25, 0.3) is 0 Å². The molecule has 1 aliphatic rings. The summed E-state index contributed by atoms with van der Waals surface area (Å²) in [6.45, 7) is 3.02. The molecule has 0 aromatic heterocycles. The maximum absolute atomic E-state index is 11.4. The van der Waals surface area contributed by atoms with Gasteiger partial charge in [-0.1, -0.05) is 30.3 Å². The van der Waals surface area contributed by atoms with Gasteiger partial charge < -0.3 is 9.64 Å². The van der Waals surface area contributed by atoms with Crippen molar-refractivity contribution in [1.82, 2.24) is 4.90 Å². The second-order valence-corrected chi connectivity index (χ2v) is 4.22. The number of benzene rings is 1. The molecule has 0 saturated carbocycles. The number of methoxy groups -OCH3 is 1. The Balaban J connectivity index is 2.10. The fourth-order valence-electron chi connectivity index (χ4n) is 2.09. The van der Waals surface area contributed by atoms with E-state index in [4.69, 9.17) is 4.74 Å². The summed E-state index contributed by atoms with van der Waals surface area (Å²) in [5, 5.41) is 0. The molecule has 0 N–H and O–H groups in total. The van der Waals surface area contributed by atoms with E-state index < -0.39 is 0 Å². The summed E-state index contributed by atoms with van der Waals surface area (Å²) >= 11 is 0. The van der Waals surface area contributed by atoms with Gasteiger partial charge in [0.05, 0.1) is 18.7 Å². The van der Waals surface area contributed by atoms with Crippen molar-refractivity contribution in [3.63, 3.8) is 0 Å². The van der Waals surface area contributed by atoms with Gasteiger partial charge >= 0.3 is 5.97 Å². The summed E-state index contributed by atoms with van der Waals surface area (Å²) in [6, 6.07) is 10.6. The van der Waals surface area contributed by atoms with E-state index in [1.54, 1.807) is 0 Å². The maximum atomic E-state index is 11.4. The normalized spacial score (nSPS) is 16.6. The van der Waals surface area contributed by atoms with E-state index in [9.17, 15) is 4.79 Å². The van der Waals surface area contributed by atoms with Crippen LogP contribution < -0.4 is 0 Å². The lowest BCUT2D eigenvalue weighted by Gasteiger charge is -2.24. The average molecular weight is 231 g/mol. The van der Waals surface area contributed by atoms with Crippen molar-refractivity contribution < 1.29 is 9.53 Å². The highest BCUT2D eigenvalue weighted by atomic mass is 16.5. The first-order valence-corrected chi connectivity index (χ1v) is 5.82. The molecule has 90 valence electrons. The van der Waals surface area contributed by atoms with Crippen molar-refractivity contribution in [3.05, 3.63) is 47.7 Å². The van der Waals surface area contributed by atoms with Gasteiger partial charge in [0, 0.05) is 12.7 Å². The zero-order valence-electron chi connectivity index (χ0n) is 10.2. The molecule has 1 aromatic rings. The number of esters is 1. The van der Waals surface area contributed by atoms with Crippen LogP contribution in [0.2, 0.25) is 0 Å². The maximum Gasteiger partial charge on any atom is 0.335 e. The molecule has 17 heavy (non-hydrogen) atoms. The van der Waals surface area contributed by atoms with Crippen LogP contribution in [-0.2, 0) is 9.53 Å². The predicted molar refractivity (Wildman–Crippen MR) is 66.3 cm³/mol. The molecular formula is C14H17NO2. The van der Waals surface area contributed by atoms with Crippen LogP contribution in [0.5, 0.6) is 0 Å². The highest BCUT2D eigenvalue weighted by molar-refractivity contribution is 5.88. The molecule has 3 nitrogen and oxygen atoms in total. The number of nitrogens with zero attached hydrogens (tertiary/aromatic N) is 1. The highest BCUT2D eigenvalue weighted by Crippen LogP contribution is 2.26. The third-order valence-corrected chi connectivity index (χ3v) is 3.19. The zero-order chi connectivity index (χ0) is 12.3. The van der Waals surface area contributed by atoms with Gasteiger partial charge in [-0.3, -0.25) is 0 Å². The number of hydrogen-bond donors (Lipinski definition) is 0. The average Bonchev–Trinajstić information content (AvgIpc) is 2.87. The van der Waals surface area contributed by atoms with Crippen LogP contribution in [0.3, 0.4) is 0 Å². The Morgan fingerprint density at radius 3 is 2.71 bits per heavy atom. The van der Waals surface area contributed by atoms with Crippen molar-refractivity contribution in [2.75, 3.05) is 13.7 Å². The summed E-state index contributed by atoms with van der Waals surface area (Å²) in [5.41, 5.74) is 2.02. The van der Waals surface area contributed by atoms with E-state index in [1.165, 1.54) is 12.7 Å². The standard InChI is InChI=1S/C14H17NO2/c1-11(12-6-4-3-5-7-12)15-9-8-13(10-15)14(16)17-2/h3-7,10-11H,8-9H2,1-2H3. The van der Waals surface area contributed by atoms with Crippen molar-refractivity contribution in [2.24, 2.45) is 0 Å². The summed E-state index contributed by atoms with van der Waals surface area (Å²) in [7, 11) is 1.42. The molecular weight excluding hydrogens is 214 g/mol. The lowest BCUT2D eigenvalue weighted by molar-refractivity contribution is -0.136. The zero-order valence-corrected chi connectivity index (χ0v) is 10.2. The SMILES string of the molecule is COC(=O)C1=CN(C(C)c2ccccc2)CC1. The number of hydrogen-bond acceptors (Lipinski definition) is 3. The minimum Gasteiger partial charge on any atom is -0.466 e. The van der Waals surface area contributed by atoms with Crippen molar-refractivity contribution in [1.29, 1.82) is 0 Å². The van der Waals surface area contributed by atoms with Crippen molar-refractivity contribution in [2.45, 2.75) is 19.4 Å². The van der Waals surface area contributed by atoms with Crippen molar-refractivity contribution >= 4 is 5.97 Å². The second kappa shape index (κ2) is 5.04. The molecule has 0 saturated heterocycles. The van der Waals surface area contributed by atoms with Crippen molar-refractivity contribution in [3.8, 4) is 0 Å². The Hall–Kier alpha value is -1.77. The number of carbonyl (C=O) groups is 1. The van der Waals surface area contributed by atoms with Gasteiger partial charge in [-0.05, 0) is 18.9 Å². The van der Waals surface area contributed by atoms with Crippen LogP contribution in [0.4, 0.5) is 0 Å². The van der Waals surface area contributed by atoms with Gasteiger partial charge in [-0.25, -0.2) is 4.79 Å². The second-order valence-electron chi connectivity index (χ2n) is 4.22. The Morgan fingerprint density at radius 1 is 1.35 bits per heavy atom. The largest absolute Gasteiger partial charge is 0.466 e. The summed E-state index contributed by atoms with van der Waals surface area (Å²) < 4.78 is 4.73. The molecule has 1 atom stereocenters. The molecule has 0 aliphatic carbocycles. The smallest absolute Gasteiger partial charge is 0.335 e. The molecule has 3 heteroatoms. The van der Waals surface area contributed by atoms with E-state index >= 15 is 0 Å². The minimum absolute atomic E-state index is 0.215. The van der Waals surface area contributed by atoms with Crippen LogP contribution >= 0.6 is 0 Å². The summed E-state index contributed by atoms with van der Waals surface area (Å²) in [6.07, 6.45) is 2.69. The Bertz CT molecular complexity index is 425. The van der Waals surface area contributed by atoms with Crippen LogP contribution in [0.1, 0.15) is 24.9 Å². The van der Waals surface area contributed by atoms with E-state index in [2.05, 4.69) is 24.0 Å². The molecule has 1 heterocycles. The first kappa shape index (κ1) is 11.7. The van der Waals surface area contributed by atoms with Crippen LogP contribution in [0, 0.1) is 0 Å². The molecule has 0 bridgehead atoms. The van der Waals surface area contributed by atoms with Crippen LogP contribution in [0.15, 0.2) is 42.1 Å². The van der Waals surface area contributed by atoms with Crippen LogP contribution in [-0.4, -0.2) is 24.5 Å². The highest BCUT2D eigenvalue weighted by Gasteiger charge is 2.22. The Labute approximate surface area is 102 Å². The fraction of sp³-hybridized carbons (Fsp3) is 0.357. The van der Waals surface area contributed by atoms with E-state index in [1.807, 2.05) is 24.4 Å². The summed E-state index contributed by atoms with van der Waals surface area (Å²) in [5.74, 6) is -0.215. The molecule has 0 radical (unpaired) electrons. The number of ether oxygens (including phenoxy) is 1. The fourth-order valence-corrected chi connectivity index (χ4v) is 2.09. The monoisotopic (exact) mass is 231 g/mol. The third-order valence-electron chi connectivity index (χ3n) is 3.19. The summed E-state index contributed by atoms with van der Waals surface area (Å²) in [4.78, 5) is 13.6. The third kappa shape index (κ3) is 2.49. The molecule has 0 spiro atoms. The molecule has 0 fully saturated rings. The number of rotatable bonds is 3. The Kier molecular flexibility index (Phi) is 3.47. The van der Waals surface area contributed by atoms with Gasteiger partial charge in [-0.2, -0.15) is 0 Å². The molecule has 1 aromatic carbocycles. The van der Waals surface area contributed by atoms with E-state index in [-0.39, 0.29) is 5.97 Å². The van der Waals surface area contributed by atoms with Gasteiger partial charge in [0.2, 0.25) is 0 Å². The Morgan fingerprint density at radius 2 is 2.06 bits per heavy atom.